The van der Waals surface area contributed by atoms with E-state index in [2.05, 4.69) is 41.5 Å². The normalized spacial score (nSPS) is 12.3. The number of unbranched alkanes of at least 4 members (excludes halogenated alkanes) is 30. The van der Waals surface area contributed by atoms with Crippen molar-refractivity contribution in [3.05, 3.63) is 0 Å². The van der Waals surface area contributed by atoms with Gasteiger partial charge in [0.05, 0.1) is 49.3 Å². The molecule has 0 spiro atoms. The van der Waals surface area contributed by atoms with E-state index < -0.39 is 14.5 Å². The lowest BCUT2D eigenvalue weighted by Crippen LogP contribution is -2.18. The lowest BCUT2D eigenvalue weighted by Gasteiger charge is -2.32. The highest BCUT2D eigenvalue weighted by Crippen LogP contribution is 2.65. The quantitative estimate of drug-likeness (QED) is 0.0426. The zero-order valence-corrected chi connectivity index (χ0v) is 40.5. The van der Waals surface area contributed by atoms with Gasteiger partial charge >= 0.3 is 0 Å². The maximum Gasteiger partial charge on any atom is 0.0628 e. The molecule has 0 aliphatic heterocycles. The van der Waals surface area contributed by atoms with Crippen LogP contribution in [0.3, 0.4) is 0 Å². The first-order valence-electron chi connectivity index (χ1n) is 25.8. The van der Waals surface area contributed by atoms with Gasteiger partial charge in [-0.15, -0.1) is 0 Å². The lowest BCUT2D eigenvalue weighted by atomic mass is 10.1. The third kappa shape index (κ3) is 34.6. The molecule has 0 saturated heterocycles. The zero-order valence-electron chi connectivity index (χ0n) is 38.7. The van der Waals surface area contributed by atoms with Gasteiger partial charge in [-0.3, -0.25) is 0 Å². The first-order valence-corrected chi connectivity index (χ1v) is 30.8. The summed E-state index contributed by atoms with van der Waals surface area (Å²) in [6.45, 7) is 14.3. The van der Waals surface area contributed by atoms with Gasteiger partial charge < -0.3 is 0 Å². The van der Waals surface area contributed by atoms with E-state index in [1.165, 1.54) is 193 Å². The van der Waals surface area contributed by atoms with E-state index in [1.807, 2.05) is 0 Å². The predicted octanol–water partition coefficient (Wildman–Crippen LogP) is 19.6. The lowest BCUT2D eigenvalue weighted by molar-refractivity contribution is 0.614. The minimum Gasteiger partial charge on any atom is -0.0654 e. The van der Waals surface area contributed by atoms with Crippen LogP contribution in [-0.4, -0.2) is 49.3 Å². The Morgan fingerprint density at radius 1 is 0.151 bits per heavy atom. The van der Waals surface area contributed by atoms with Crippen LogP contribution < -0.4 is 0 Å². The van der Waals surface area contributed by atoms with Crippen LogP contribution in [0.4, 0.5) is 0 Å². The van der Waals surface area contributed by atoms with Crippen molar-refractivity contribution < 1.29 is 0 Å². The van der Waals surface area contributed by atoms with E-state index in [-0.39, 0.29) is 0 Å². The molecule has 0 aromatic rings. The van der Waals surface area contributed by atoms with Crippen LogP contribution in [0.1, 0.15) is 279 Å². The van der Waals surface area contributed by atoms with Crippen LogP contribution in [0.5, 0.6) is 0 Å². The maximum absolute atomic E-state index is 2.38. The molecule has 0 heterocycles. The molecule has 0 amide bonds. The highest BCUT2D eigenvalue weighted by Gasteiger charge is 2.40. The van der Waals surface area contributed by atoms with Gasteiger partial charge in [-0.1, -0.05) is 196 Å². The summed E-state index contributed by atoms with van der Waals surface area (Å²) < 4.78 is 0. The summed E-state index contributed by atoms with van der Waals surface area (Å²) in [5.74, 6) is 0. The Hall–Kier alpha value is 0.860. The highest BCUT2D eigenvalue weighted by molar-refractivity contribution is 7.76. The SMILES string of the molecule is CCCCCCCC[P+](CCCCCCCC)(CCCCCCCC)CCC[P+](CCCCCCCC)(CCCCCCCC)CCCCCCCC. The van der Waals surface area contributed by atoms with Gasteiger partial charge in [-0.2, -0.15) is 0 Å². The molecule has 2 heteroatoms. The molecule has 0 aromatic heterocycles. The van der Waals surface area contributed by atoms with Crippen LogP contribution in [0, 0.1) is 0 Å². The zero-order chi connectivity index (χ0) is 38.8. The third-order valence-corrected chi connectivity index (χ3v) is 23.3. The van der Waals surface area contributed by atoms with Crippen LogP contribution in [-0.2, 0) is 0 Å². The first kappa shape index (κ1) is 53.9. The summed E-state index contributed by atoms with van der Waals surface area (Å²) in [6, 6.07) is 0. The number of hydrogen-bond acceptors (Lipinski definition) is 0. The van der Waals surface area contributed by atoms with Crippen LogP contribution in [0.25, 0.3) is 0 Å². The molecule has 0 aliphatic rings. The van der Waals surface area contributed by atoms with Gasteiger partial charge in [0.1, 0.15) is 0 Å². The van der Waals surface area contributed by atoms with Crippen molar-refractivity contribution in [2.75, 3.05) is 49.3 Å². The van der Waals surface area contributed by atoms with Crippen molar-refractivity contribution in [1.29, 1.82) is 0 Å². The van der Waals surface area contributed by atoms with E-state index in [1.54, 1.807) is 94.2 Å². The Bertz CT molecular complexity index is 536. The highest BCUT2D eigenvalue weighted by atomic mass is 31.2. The van der Waals surface area contributed by atoms with E-state index in [4.69, 9.17) is 0 Å². The Morgan fingerprint density at radius 3 is 0.453 bits per heavy atom. The molecule has 0 rings (SSSR count). The van der Waals surface area contributed by atoms with Crippen LogP contribution in [0.2, 0.25) is 0 Å². The summed E-state index contributed by atoms with van der Waals surface area (Å²) >= 11 is 0. The molecule has 0 aliphatic carbocycles. The summed E-state index contributed by atoms with van der Waals surface area (Å²) in [5.41, 5.74) is 0. The van der Waals surface area contributed by atoms with Crippen molar-refractivity contribution in [1.82, 2.24) is 0 Å². The van der Waals surface area contributed by atoms with Crippen molar-refractivity contribution >= 4 is 14.5 Å². The molecular formula is C51H108P2+2. The molecule has 0 nitrogen and oxygen atoms in total. The van der Waals surface area contributed by atoms with E-state index in [0.717, 1.165) is 0 Å². The van der Waals surface area contributed by atoms with Gasteiger partial charge in [0.2, 0.25) is 0 Å². The molecule has 0 N–H and O–H groups in total. The van der Waals surface area contributed by atoms with E-state index in [0.29, 0.717) is 0 Å². The topological polar surface area (TPSA) is 0 Å². The summed E-state index contributed by atoms with van der Waals surface area (Å²) in [6.07, 6.45) is 68.6. The third-order valence-electron chi connectivity index (χ3n) is 13.2. The van der Waals surface area contributed by atoms with Gasteiger partial charge in [-0.05, 0) is 77.0 Å². The molecule has 0 unspecified atom stereocenters. The Morgan fingerprint density at radius 2 is 0.283 bits per heavy atom. The molecule has 0 radical (unpaired) electrons. The molecule has 320 valence electrons. The van der Waals surface area contributed by atoms with E-state index >= 15 is 0 Å². The van der Waals surface area contributed by atoms with Gasteiger partial charge in [0.15, 0.2) is 0 Å². The van der Waals surface area contributed by atoms with Crippen molar-refractivity contribution in [2.24, 2.45) is 0 Å². The fourth-order valence-corrected chi connectivity index (χ4v) is 19.4. The van der Waals surface area contributed by atoms with Gasteiger partial charge in [0, 0.05) is 20.9 Å². The van der Waals surface area contributed by atoms with Crippen LogP contribution >= 0.6 is 14.5 Å². The van der Waals surface area contributed by atoms with Crippen molar-refractivity contribution in [3.63, 3.8) is 0 Å². The van der Waals surface area contributed by atoms with Gasteiger partial charge in [-0.25, -0.2) is 0 Å². The fraction of sp³-hybridized carbons (Fsp3) is 1.00. The molecule has 0 aromatic carbocycles. The average Bonchev–Trinajstić information content (AvgIpc) is 3.16. The second kappa shape index (κ2) is 42.5. The summed E-state index contributed by atoms with van der Waals surface area (Å²) in [7, 11) is -1.73. The standard InChI is InChI=1S/C51H108P2/c1-7-13-19-25-31-37-44-52(45-38-32-26-20-14-8-2,46-39-33-27-21-15-9-3)50-43-51-53(47-40-34-28-22-16-10-4,48-41-35-29-23-17-11-5)49-42-36-30-24-18-12-6/h7-51H2,1-6H3/q+2. The predicted molar refractivity (Wildman–Crippen MR) is 258 cm³/mol. The molecule has 0 saturated carbocycles. The fourth-order valence-electron chi connectivity index (χ4n) is 9.45. The number of rotatable bonds is 46. The smallest absolute Gasteiger partial charge is 0.0628 e. The summed E-state index contributed by atoms with van der Waals surface area (Å²) in [5, 5.41) is 0. The first-order chi connectivity index (χ1) is 26.1. The Labute approximate surface area is 341 Å². The van der Waals surface area contributed by atoms with E-state index in [9.17, 15) is 0 Å². The van der Waals surface area contributed by atoms with Gasteiger partial charge in [0.25, 0.3) is 0 Å². The van der Waals surface area contributed by atoms with Crippen molar-refractivity contribution in [3.8, 4) is 0 Å². The van der Waals surface area contributed by atoms with Crippen molar-refractivity contribution in [2.45, 2.75) is 279 Å². The molecule has 0 bridgehead atoms. The molecule has 53 heavy (non-hydrogen) atoms. The Kier molecular flexibility index (Phi) is 43.2. The monoisotopic (exact) mass is 783 g/mol. The second-order valence-electron chi connectivity index (χ2n) is 18.4. The largest absolute Gasteiger partial charge is 0.0654 e. The Balaban J connectivity index is 6.01. The second-order valence-corrected chi connectivity index (χ2v) is 27.4. The summed E-state index contributed by atoms with van der Waals surface area (Å²) in [4.78, 5) is 0. The minimum absolute atomic E-state index is 0.864. The molecular weight excluding hydrogens is 675 g/mol. The molecule has 0 atom stereocenters. The van der Waals surface area contributed by atoms with Crippen LogP contribution in [0.15, 0.2) is 0 Å². The number of hydrogen-bond donors (Lipinski definition) is 0. The average molecular weight is 783 g/mol. The molecule has 0 fully saturated rings. The minimum atomic E-state index is -0.864. The maximum atomic E-state index is 2.38.